The van der Waals surface area contributed by atoms with Gasteiger partial charge in [0.25, 0.3) is 0 Å². The van der Waals surface area contributed by atoms with Gasteiger partial charge >= 0.3 is 0 Å². The van der Waals surface area contributed by atoms with Crippen LogP contribution in [0.15, 0.2) is 0 Å². The van der Waals surface area contributed by atoms with Crippen molar-refractivity contribution in [3.8, 4) is 0 Å². The molecule has 2 saturated heterocycles. The first kappa shape index (κ1) is 8.04. The molecule has 1 N–H and O–H groups in total. The average Bonchev–Trinajstić information content (AvgIpc) is 2.21. The van der Waals surface area contributed by atoms with Gasteiger partial charge in [0.2, 0.25) is 5.91 Å². The van der Waals surface area contributed by atoms with Gasteiger partial charge in [-0.1, -0.05) is 0 Å². The van der Waals surface area contributed by atoms with Crippen LogP contribution >= 0.6 is 0 Å². The molecular formula is C7H11NO3S. The van der Waals surface area contributed by atoms with Gasteiger partial charge in [0, 0.05) is 13.0 Å². The highest BCUT2D eigenvalue weighted by Crippen LogP contribution is 2.29. The Balaban J connectivity index is 2.17. The number of hydrogen-bond acceptors (Lipinski definition) is 3. The molecule has 2 atom stereocenters. The molecule has 5 heteroatoms. The van der Waals surface area contributed by atoms with E-state index in [1.54, 1.807) is 0 Å². The first-order chi connectivity index (χ1) is 5.57. The summed E-state index contributed by atoms with van der Waals surface area (Å²) in [5.41, 5.74) is 0. The van der Waals surface area contributed by atoms with Crippen LogP contribution in [-0.4, -0.2) is 32.4 Å². The summed E-state index contributed by atoms with van der Waals surface area (Å²) in [6.45, 7) is 0.544. The van der Waals surface area contributed by atoms with Crippen LogP contribution in [-0.2, 0) is 14.6 Å². The van der Waals surface area contributed by atoms with E-state index in [2.05, 4.69) is 5.32 Å². The van der Waals surface area contributed by atoms with Crippen LogP contribution in [0.3, 0.4) is 0 Å². The maximum atomic E-state index is 11.2. The molecule has 0 spiro atoms. The molecule has 12 heavy (non-hydrogen) atoms. The van der Waals surface area contributed by atoms with Gasteiger partial charge in [0.15, 0.2) is 9.84 Å². The molecule has 0 radical (unpaired) electrons. The maximum Gasteiger partial charge on any atom is 0.220 e. The fraction of sp³-hybridized carbons (Fsp3) is 0.857. The number of nitrogens with one attached hydrogen (secondary N) is 1. The first-order valence-corrected chi connectivity index (χ1v) is 5.86. The van der Waals surface area contributed by atoms with E-state index in [-0.39, 0.29) is 29.2 Å². The molecule has 1 amide bonds. The molecular weight excluding hydrogens is 178 g/mol. The number of hydrogen-bond donors (Lipinski definition) is 1. The SMILES string of the molecule is O=C1CC2CS(=O)(=O)CC2CN1. The lowest BCUT2D eigenvalue weighted by Gasteiger charge is -2.23. The fourth-order valence-electron chi connectivity index (χ4n) is 2.00. The Morgan fingerprint density at radius 1 is 1.25 bits per heavy atom. The van der Waals surface area contributed by atoms with Gasteiger partial charge in [-0.25, -0.2) is 8.42 Å². The zero-order valence-corrected chi connectivity index (χ0v) is 7.43. The second-order valence-electron chi connectivity index (χ2n) is 3.61. The molecule has 2 unspecified atom stereocenters. The lowest BCUT2D eigenvalue weighted by Crippen LogP contribution is -2.39. The van der Waals surface area contributed by atoms with Gasteiger partial charge in [0.05, 0.1) is 11.5 Å². The molecule has 2 aliphatic heterocycles. The molecule has 2 rings (SSSR count). The zero-order valence-electron chi connectivity index (χ0n) is 6.62. The van der Waals surface area contributed by atoms with Crippen molar-refractivity contribution in [2.45, 2.75) is 6.42 Å². The third kappa shape index (κ3) is 1.33. The normalized spacial score (nSPS) is 38.8. The minimum Gasteiger partial charge on any atom is -0.356 e. The topological polar surface area (TPSA) is 63.2 Å². The van der Waals surface area contributed by atoms with E-state index >= 15 is 0 Å². The first-order valence-electron chi connectivity index (χ1n) is 4.04. The van der Waals surface area contributed by atoms with Crippen molar-refractivity contribution in [2.75, 3.05) is 18.1 Å². The summed E-state index contributed by atoms with van der Waals surface area (Å²) in [7, 11) is -2.84. The summed E-state index contributed by atoms with van der Waals surface area (Å²) in [6.07, 6.45) is 0.393. The predicted octanol–water partition coefficient (Wildman–Crippen LogP) is -0.833. The van der Waals surface area contributed by atoms with Gasteiger partial charge in [-0.15, -0.1) is 0 Å². The summed E-state index contributed by atoms with van der Waals surface area (Å²) in [4.78, 5) is 10.9. The van der Waals surface area contributed by atoms with Crippen molar-refractivity contribution >= 4 is 15.7 Å². The molecule has 68 valence electrons. The minimum absolute atomic E-state index is 0.00616. The van der Waals surface area contributed by atoms with Gasteiger partial charge in [0.1, 0.15) is 0 Å². The van der Waals surface area contributed by atoms with Crippen molar-refractivity contribution in [1.82, 2.24) is 5.32 Å². The highest BCUT2D eigenvalue weighted by molar-refractivity contribution is 7.91. The fourth-order valence-corrected chi connectivity index (χ4v) is 4.22. The van der Waals surface area contributed by atoms with E-state index < -0.39 is 9.84 Å². The third-order valence-corrected chi connectivity index (χ3v) is 4.48. The van der Waals surface area contributed by atoms with Crippen LogP contribution in [0.5, 0.6) is 0 Å². The molecule has 0 aliphatic carbocycles. The molecule has 2 fully saturated rings. The number of sulfone groups is 1. The third-order valence-electron chi connectivity index (χ3n) is 2.61. The zero-order chi connectivity index (χ0) is 8.77. The van der Waals surface area contributed by atoms with E-state index in [1.165, 1.54) is 0 Å². The highest BCUT2D eigenvalue weighted by Gasteiger charge is 2.40. The summed E-state index contributed by atoms with van der Waals surface area (Å²) >= 11 is 0. The second kappa shape index (κ2) is 2.45. The van der Waals surface area contributed by atoms with E-state index in [0.717, 1.165) is 0 Å². The Bertz CT molecular complexity index is 309. The molecule has 0 aromatic carbocycles. The van der Waals surface area contributed by atoms with Crippen molar-refractivity contribution in [1.29, 1.82) is 0 Å². The van der Waals surface area contributed by atoms with E-state index in [1.807, 2.05) is 0 Å². The second-order valence-corrected chi connectivity index (χ2v) is 5.76. The molecule has 0 saturated carbocycles. The Kier molecular flexibility index (Phi) is 1.64. The van der Waals surface area contributed by atoms with E-state index in [4.69, 9.17) is 0 Å². The number of piperidine rings is 1. The Morgan fingerprint density at radius 3 is 2.67 bits per heavy atom. The number of fused-ring (bicyclic) bond motifs is 1. The molecule has 0 aromatic rings. The molecule has 4 nitrogen and oxygen atoms in total. The monoisotopic (exact) mass is 189 g/mol. The highest BCUT2D eigenvalue weighted by atomic mass is 32.2. The molecule has 0 aromatic heterocycles. The lowest BCUT2D eigenvalue weighted by molar-refractivity contribution is -0.124. The largest absolute Gasteiger partial charge is 0.356 e. The maximum absolute atomic E-state index is 11.2. The van der Waals surface area contributed by atoms with E-state index in [9.17, 15) is 13.2 Å². The Morgan fingerprint density at radius 2 is 1.92 bits per heavy atom. The van der Waals surface area contributed by atoms with Crippen LogP contribution in [0.25, 0.3) is 0 Å². The number of carbonyl (C=O) groups excluding carboxylic acids is 1. The van der Waals surface area contributed by atoms with E-state index in [0.29, 0.717) is 13.0 Å². The molecule has 0 bridgehead atoms. The predicted molar refractivity (Wildman–Crippen MR) is 43.3 cm³/mol. The Labute approximate surface area is 71.3 Å². The molecule has 2 heterocycles. The van der Waals surface area contributed by atoms with Crippen LogP contribution in [0, 0.1) is 11.8 Å². The average molecular weight is 189 g/mol. The van der Waals surface area contributed by atoms with Gasteiger partial charge < -0.3 is 5.32 Å². The van der Waals surface area contributed by atoms with Crippen molar-refractivity contribution in [3.63, 3.8) is 0 Å². The van der Waals surface area contributed by atoms with Gasteiger partial charge in [-0.05, 0) is 11.8 Å². The van der Waals surface area contributed by atoms with Crippen LogP contribution < -0.4 is 5.32 Å². The van der Waals surface area contributed by atoms with Crippen LogP contribution in [0.1, 0.15) is 6.42 Å². The summed E-state index contributed by atoms with van der Waals surface area (Å²) in [5, 5.41) is 2.69. The van der Waals surface area contributed by atoms with Crippen molar-refractivity contribution < 1.29 is 13.2 Å². The van der Waals surface area contributed by atoms with Crippen molar-refractivity contribution in [2.24, 2.45) is 11.8 Å². The van der Waals surface area contributed by atoms with Gasteiger partial charge in [-0.2, -0.15) is 0 Å². The number of rotatable bonds is 0. The standard InChI is InChI=1S/C7H11NO3S/c9-7-1-5-3-12(10,11)4-6(5)2-8-7/h5-6H,1-4H2,(H,8,9). The van der Waals surface area contributed by atoms with Crippen LogP contribution in [0.2, 0.25) is 0 Å². The Hall–Kier alpha value is -0.580. The molecule has 2 aliphatic rings. The van der Waals surface area contributed by atoms with Gasteiger partial charge in [-0.3, -0.25) is 4.79 Å². The summed E-state index contributed by atoms with van der Waals surface area (Å²) in [6, 6.07) is 0. The number of carbonyl (C=O) groups is 1. The number of amides is 1. The summed E-state index contributed by atoms with van der Waals surface area (Å²) in [5.74, 6) is 0.730. The van der Waals surface area contributed by atoms with Crippen LogP contribution in [0.4, 0.5) is 0 Å². The quantitative estimate of drug-likeness (QED) is 0.541. The minimum atomic E-state index is -2.84. The van der Waals surface area contributed by atoms with Crippen molar-refractivity contribution in [3.05, 3.63) is 0 Å². The summed E-state index contributed by atoms with van der Waals surface area (Å²) < 4.78 is 22.3. The smallest absolute Gasteiger partial charge is 0.220 e. The lowest BCUT2D eigenvalue weighted by atomic mass is 9.90.